The van der Waals surface area contributed by atoms with E-state index < -0.39 is 12.0 Å². The van der Waals surface area contributed by atoms with E-state index in [1.54, 1.807) is 36.2 Å². The molecule has 0 bridgehead atoms. The normalized spacial score (nSPS) is 16.3. The third-order valence-electron chi connectivity index (χ3n) is 4.99. The third kappa shape index (κ3) is 3.39. The fraction of sp³-hybridized carbons (Fsp3) is 0.227. The molecule has 0 aliphatic carbocycles. The van der Waals surface area contributed by atoms with Crippen molar-refractivity contribution in [1.82, 2.24) is 4.57 Å². The van der Waals surface area contributed by atoms with Crippen LogP contribution in [-0.2, 0) is 9.53 Å². The lowest BCUT2D eigenvalue weighted by molar-refractivity contribution is -0.136. The first-order valence-electron chi connectivity index (χ1n) is 9.31. The molecule has 154 valence electrons. The maximum absolute atomic E-state index is 13.3. The lowest BCUT2D eigenvalue weighted by Gasteiger charge is -2.25. The van der Waals surface area contributed by atoms with Crippen LogP contribution in [0.3, 0.4) is 0 Å². The van der Waals surface area contributed by atoms with Crippen LogP contribution in [0.5, 0.6) is 0 Å². The van der Waals surface area contributed by atoms with E-state index in [0.29, 0.717) is 20.6 Å². The first-order valence-corrected chi connectivity index (χ1v) is 10.1. The minimum Gasteiger partial charge on any atom is -0.472 e. The standard InChI is InChI=1S/C22H21N3O4S/c1-13-18(21(27)28-4)19(15-5-7-16(8-6-15)24(2)3)25-20(26)17(30-22(25)23-13)11-14-9-10-29-12-14/h5-12,19H,1-4H3/b17-11+/t19-/m0/s1. The number of rotatable bonds is 4. The number of carbonyl (C=O) groups excluding carboxylic acids is 1. The van der Waals surface area contributed by atoms with Crippen molar-refractivity contribution >= 4 is 29.1 Å². The highest BCUT2D eigenvalue weighted by Gasteiger charge is 2.33. The first kappa shape index (κ1) is 19.9. The van der Waals surface area contributed by atoms with E-state index in [1.807, 2.05) is 43.3 Å². The number of ether oxygens (including phenoxy) is 1. The van der Waals surface area contributed by atoms with Crippen molar-refractivity contribution in [3.63, 3.8) is 0 Å². The average Bonchev–Trinajstić information content (AvgIpc) is 3.35. The predicted octanol–water partition coefficient (Wildman–Crippen LogP) is 2.07. The Hall–Kier alpha value is -3.39. The van der Waals surface area contributed by atoms with Gasteiger partial charge in [-0.05, 0) is 36.8 Å². The van der Waals surface area contributed by atoms with Gasteiger partial charge < -0.3 is 14.1 Å². The minimum atomic E-state index is -0.614. The number of nitrogens with zero attached hydrogens (tertiary/aromatic N) is 3. The molecule has 0 saturated heterocycles. The van der Waals surface area contributed by atoms with Crippen LogP contribution in [0.4, 0.5) is 5.69 Å². The van der Waals surface area contributed by atoms with Crippen LogP contribution >= 0.6 is 11.3 Å². The molecule has 7 nitrogen and oxygen atoms in total. The summed E-state index contributed by atoms with van der Waals surface area (Å²) in [4.78, 5) is 33.0. The Morgan fingerprint density at radius 3 is 2.60 bits per heavy atom. The lowest BCUT2D eigenvalue weighted by atomic mass is 9.95. The summed E-state index contributed by atoms with van der Waals surface area (Å²) in [5.74, 6) is -0.498. The monoisotopic (exact) mass is 423 g/mol. The minimum absolute atomic E-state index is 0.212. The molecule has 4 rings (SSSR count). The molecule has 2 aromatic heterocycles. The Kier molecular flexibility index (Phi) is 5.17. The molecule has 8 heteroatoms. The van der Waals surface area contributed by atoms with E-state index in [2.05, 4.69) is 4.99 Å². The number of allylic oxidation sites excluding steroid dienone is 1. The molecule has 0 unspecified atom stereocenters. The van der Waals surface area contributed by atoms with Gasteiger partial charge in [0.05, 0.1) is 41.5 Å². The molecular formula is C22H21N3O4S. The van der Waals surface area contributed by atoms with Gasteiger partial charge in [-0.2, -0.15) is 0 Å². The number of thiazole rings is 1. The molecule has 0 fully saturated rings. The molecular weight excluding hydrogens is 402 g/mol. The Morgan fingerprint density at radius 2 is 2.00 bits per heavy atom. The highest BCUT2D eigenvalue weighted by molar-refractivity contribution is 7.07. The highest BCUT2D eigenvalue weighted by Crippen LogP contribution is 2.31. The van der Waals surface area contributed by atoms with Crippen molar-refractivity contribution in [2.45, 2.75) is 13.0 Å². The average molecular weight is 423 g/mol. The molecule has 0 N–H and O–H groups in total. The molecule has 0 radical (unpaired) electrons. The van der Waals surface area contributed by atoms with Crippen molar-refractivity contribution in [2.24, 2.45) is 4.99 Å². The summed E-state index contributed by atoms with van der Waals surface area (Å²) >= 11 is 1.28. The molecule has 0 saturated carbocycles. The van der Waals surface area contributed by atoms with Gasteiger partial charge in [0.1, 0.15) is 0 Å². The number of methoxy groups -OCH3 is 1. The summed E-state index contributed by atoms with van der Waals surface area (Å²) in [5.41, 5.74) is 3.31. The number of hydrogen-bond donors (Lipinski definition) is 0. The van der Waals surface area contributed by atoms with Crippen LogP contribution in [0, 0.1) is 0 Å². The van der Waals surface area contributed by atoms with Crippen molar-refractivity contribution in [2.75, 3.05) is 26.1 Å². The van der Waals surface area contributed by atoms with Gasteiger partial charge in [-0.3, -0.25) is 9.36 Å². The summed E-state index contributed by atoms with van der Waals surface area (Å²) in [7, 11) is 5.24. The first-order chi connectivity index (χ1) is 14.4. The predicted molar refractivity (Wildman–Crippen MR) is 115 cm³/mol. The van der Waals surface area contributed by atoms with Crippen molar-refractivity contribution in [3.8, 4) is 0 Å². The fourth-order valence-electron chi connectivity index (χ4n) is 3.47. The molecule has 1 aromatic carbocycles. The van der Waals surface area contributed by atoms with Crippen LogP contribution in [0.1, 0.15) is 24.1 Å². The number of fused-ring (bicyclic) bond motifs is 1. The van der Waals surface area contributed by atoms with E-state index in [1.165, 1.54) is 18.4 Å². The summed E-state index contributed by atoms with van der Waals surface area (Å²) < 4.78 is 12.2. The van der Waals surface area contributed by atoms with Gasteiger partial charge >= 0.3 is 5.97 Å². The molecule has 1 aliphatic rings. The van der Waals surface area contributed by atoms with Crippen LogP contribution in [0.15, 0.2) is 68.3 Å². The Labute approximate surface area is 176 Å². The van der Waals surface area contributed by atoms with Crippen LogP contribution in [0.25, 0.3) is 6.08 Å². The maximum Gasteiger partial charge on any atom is 0.338 e. The van der Waals surface area contributed by atoms with Gasteiger partial charge in [-0.25, -0.2) is 9.79 Å². The Morgan fingerprint density at radius 1 is 1.27 bits per heavy atom. The summed E-state index contributed by atoms with van der Waals surface area (Å²) in [6.07, 6.45) is 4.88. The topological polar surface area (TPSA) is 77.0 Å². The quantitative estimate of drug-likeness (QED) is 0.601. The summed E-state index contributed by atoms with van der Waals surface area (Å²) in [6.45, 7) is 1.76. The number of aromatic nitrogens is 1. The zero-order valence-corrected chi connectivity index (χ0v) is 17.9. The zero-order valence-electron chi connectivity index (χ0n) is 17.1. The fourth-order valence-corrected chi connectivity index (χ4v) is 4.52. The largest absolute Gasteiger partial charge is 0.472 e. The molecule has 1 atom stereocenters. The van der Waals surface area contributed by atoms with Gasteiger partial charge in [0.2, 0.25) is 0 Å². The van der Waals surface area contributed by atoms with E-state index in [0.717, 1.165) is 16.8 Å². The van der Waals surface area contributed by atoms with Crippen LogP contribution in [-0.4, -0.2) is 31.7 Å². The maximum atomic E-state index is 13.3. The van der Waals surface area contributed by atoms with Gasteiger partial charge in [0, 0.05) is 25.3 Å². The van der Waals surface area contributed by atoms with Crippen LogP contribution < -0.4 is 19.8 Å². The number of anilines is 1. The van der Waals surface area contributed by atoms with Crippen molar-refractivity contribution in [3.05, 3.63) is 84.9 Å². The van der Waals surface area contributed by atoms with E-state index >= 15 is 0 Å². The van der Waals surface area contributed by atoms with Gasteiger partial charge in [0.15, 0.2) is 4.80 Å². The second-order valence-electron chi connectivity index (χ2n) is 7.12. The van der Waals surface area contributed by atoms with Crippen molar-refractivity contribution < 1.29 is 13.9 Å². The van der Waals surface area contributed by atoms with Gasteiger partial charge in [0.25, 0.3) is 5.56 Å². The third-order valence-corrected chi connectivity index (χ3v) is 5.98. The number of esters is 1. The van der Waals surface area contributed by atoms with E-state index in [9.17, 15) is 9.59 Å². The second kappa shape index (κ2) is 7.79. The highest BCUT2D eigenvalue weighted by atomic mass is 32.1. The van der Waals surface area contributed by atoms with E-state index in [-0.39, 0.29) is 5.56 Å². The van der Waals surface area contributed by atoms with E-state index in [4.69, 9.17) is 9.15 Å². The SMILES string of the molecule is COC(=O)C1=C(C)N=c2s/c(=C/c3ccoc3)c(=O)n2[C@H]1c1ccc(N(C)C)cc1. The molecule has 3 heterocycles. The molecule has 0 spiro atoms. The van der Waals surface area contributed by atoms with Gasteiger partial charge in [-0.15, -0.1) is 0 Å². The van der Waals surface area contributed by atoms with Gasteiger partial charge in [-0.1, -0.05) is 23.5 Å². The number of carbonyl (C=O) groups is 1. The molecule has 3 aromatic rings. The summed E-state index contributed by atoms with van der Waals surface area (Å²) in [6, 6.07) is 8.93. The van der Waals surface area contributed by atoms with Crippen LogP contribution in [0.2, 0.25) is 0 Å². The molecule has 1 aliphatic heterocycles. The zero-order chi connectivity index (χ0) is 21.4. The summed E-state index contributed by atoms with van der Waals surface area (Å²) in [5, 5.41) is 0. The molecule has 30 heavy (non-hydrogen) atoms. The number of furan rings is 1. The number of benzene rings is 1. The Balaban J connectivity index is 1.95. The molecule has 0 amide bonds. The van der Waals surface area contributed by atoms with Crippen molar-refractivity contribution in [1.29, 1.82) is 0 Å². The number of hydrogen-bond acceptors (Lipinski definition) is 7. The Bertz CT molecular complexity index is 1300. The second-order valence-corrected chi connectivity index (χ2v) is 8.13. The smallest absolute Gasteiger partial charge is 0.338 e. The lowest BCUT2D eigenvalue weighted by Crippen LogP contribution is -2.39.